The number of hydrogen-bond donors (Lipinski definition) is 3. The zero-order chi connectivity index (χ0) is 23.3. The van der Waals surface area contributed by atoms with Crippen molar-refractivity contribution in [3.63, 3.8) is 0 Å². The Morgan fingerprint density at radius 2 is 1.97 bits per heavy atom. The number of nitrogens with zero attached hydrogens (tertiary/aromatic N) is 1. The molecule has 4 aromatic rings. The van der Waals surface area contributed by atoms with Crippen LogP contribution in [0.15, 0.2) is 35.7 Å². The Morgan fingerprint density at radius 1 is 1.21 bits per heavy atom. The maximum atomic E-state index is 13.2. The fraction of sp³-hybridized carbons (Fsp3) is 0.240. The number of pyridine rings is 1. The predicted molar refractivity (Wildman–Crippen MR) is 136 cm³/mol. The summed E-state index contributed by atoms with van der Waals surface area (Å²) in [6, 6.07) is 9.91. The molecule has 0 radical (unpaired) electrons. The number of rotatable bonds is 4. The number of nitrogens with two attached hydrogens (primary N) is 2. The lowest BCUT2D eigenvalue weighted by molar-refractivity contribution is 0.100. The van der Waals surface area contributed by atoms with Gasteiger partial charge in [-0.15, -0.1) is 22.7 Å². The number of amides is 2. The van der Waals surface area contributed by atoms with Gasteiger partial charge in [0.2, 0.25) is 0 Å². The number of aryl methyl sites for hydroxylation is 2. The van der Waals surface area contributed by atoms with Gasteiger partial charge in [-0.25, -0.2) is 4.98 Å². The Balaban J connectivity index is 1.49. The lowest BCUT2D eigenvalue weighted by Gasteiger charge is -2.20. The summed E-state index contributed by atoms with van der Waals surface area (Å²) in [6.45, 7) is 4.24. The van der Waals surface area contributed by atoms with E-state index in [1.807, 2.05) is 36.6 Å². The van der Waals surface area contributed by atoms with Crippen molar-refractivity contribution in [1.82, 2.24) is 4.98 Å². The lowest BCUT2D eigenvalue weighted by Crippen LogP contribution is -2.17. The average molecular weight is 477 g/mol. The van der Waals surface area contributed by atoms with Crippen LogP contribution in [0.25, 0.3) is 21.3 Å². The number of nitrogen functional groups attached to an aromatic ring is 1. The molecular weight excluding hydrogens is 452 g/mol. The highest BCUT2D eigenvalue weighted by atomic mass is 32.1. The molecule has 1 aliphatic carbocycles. The van der Waals surface area contributed by atoms with E-state index in [4.69, 9.17) is 16.5 Å². The van der Waals surface area contributed by atoms with E-state index in [1.165, 1.54) is 28.2 Å². The number of primary amides is 1. The summed E-state index contributed by atoms with van der Waals surface area (Å²) in [5.74, 6) is -0.329. The van der Waals surface area contributed by atoms with Crippen LogP contribution in [0, 0.1) is 12.8 Å². The molecule has 0 aliphatic heterocycles. The second kappa shape index (κ2) is 8.28. The molecule has 1 aromatic carbocycles. The molecule has 2 amide bonds. The Bertz CT molecular complexity index is 1400. The number of hydrogen-bond acceptors (Lipinski definition) is 6. The molecule has 0 spiro atoms. The van der Waals surface area contributed by atoms with Crippen LogP contribution in [-0.4, -0.2) is 16.8 Å². The van der Waals surface area contributed by atoms with Crippen LogP contribution in [0.1, 0.15) is 50.2 Å². The average Bonchev–Trinajstić information content (AvgIpc) is 3.34. The highest BCUT2D eigenvalue weighted by Crippen LogP contribution is 2.39. The standard InChI is InChI=1S/C25H24N4O2S2/c1-12-3-6-14(7-4-12)17-11-32-25(19(17)22(27)30)29-23(31)21-20(26)16-10-15-9-13(2)5-8-18(15)28-24(16)33-21/h3-4,6-7,10-11,13H,5,8-9,26H2,1-2H3,(H2,27,30)(H,29,31). The molecule has 5 N–H and O–H groups in total. The number of nitrogens with one attached hydrogen (secondary N) is 1. The SMILES string of the molecule is Cc1ccc(-c2csc(NC(=O)c3sc4nc5c(cc4c3N)CC(C)CC5)c2C(N)=O)cc1. The number of thiophene rings is 2. The Morgan fingerprint density at radius 3 is 2.70 bits per heavy atom. The second-order valence-corrected chi connectivity index (χ2v) is 10.6. The maximum absolute atomic E-state index is 13.2. The van der Waals surface area contributed by atoms with Crippen molar-refractivity contribution in [1.29, 1.82) is 0 Å². The van der Waals surface area contributed by atoms with Crippen LogP contribution in [0.5, 0.6) is 0 Å². The fourth-order valence-corrected chi connectivity index (χ4v) is 6.30. The molecule has 1 atom stereocenters. The van der Waals surface area contributed by atoms with Gasteiger partial charge in [-0.2, -0.15) is 0 Å². The van der Waals surface area contributed by atoms with Gasteiger partial charge in [-0.3, -0.25) is 9.59 Å². The number of benzene rings is 1. The van der Waals surface area contributed by atoms with Crippen molar-refractivity contribution in [2.75, 3.05) is 11.1 Å². The van der Waals surface area contributed by atoms with Crippen LogP contribution in [0.3, 0.4) is 0 Å². The van der Waals surface area contributed by atoms with E-state index in [0.29, 0.717) is 32.6 Å². The first-order valence-corrected chi connectivity index (χ1v) is 12.5. The quantitative estimate of drug-likeness (QED) is 0.366. The molecule has 8 heteroatoms. The van der Waals surface area contributed by atoms with Gasteiger partial charge in [0.05, 0.1) is 11.3 Å². The molecule has 168 valence electrons. The third-order valence-corrected chi connectivity index (χ3v) is 8.17. The third-order valence-electron chi connectivity index (χ3n) is 6.17. The topological polar surface area (TPSA) is 111 Å². The molecule has 3 aromatic heterocycles. The van der Waals surface area contributed by atoms with E-state index in [1.54, 1.807) is 0 Å². The van der Waals surface area contributed by atoms with E-state index in [9.17, 15) is 9.59 Å². The number of carbonyl (C=O) groups is 2. The van der Waals surface area contributed by atoms with Crippen LogP contribution in [0.2, 0.25) is 0 Å². The van der Waals surface area contributed by atoms with Crippen molar-refractivity contribution >= 4 is 55.4 Å². The van der Waals surface area contributed by atoms with E-state index >= 15 is 0 Å². The highest BCUT2D eigenvalue weighted by molar-refractivity contribution is 7.21. The maximum Gasteiger partial charge on any atom is 0.268 e. The Labute approximate surface area is 199 Å². The smallest absolute Gasteiger partial charge is 0.268 e. The minimum atomic E-state index is -0.588. The summed E-state index contributed by atoms with van der Waals surface area (Å²) < 4.78 is 0. The van der Waals surface area contributed by atoms with Crippen LogP contribution >= 0.6 is 22.7 Å². The first kappa shape index (κ1) is 21.6. The zero-order valence-electron chi connectivity index (χ0n) is 18.4. The molecule has 6 nitrogen and oxygen atoms in total. The highest BCUT2D eigenvalue weighted by Gasteiger charge is 2.25. The summed E-state index contributed by atoms with van der Waals surface area (Å²) in [5.41, 5.74) is 17.8. The molecule has 0 saturated heterocycles. The minimum absolute atomic E-state index is 0.305. The molecule has 5 rings (SSSR count). The molecule has 0 fully saturated rings. The van der Waals surface area contributed by atoms with Gasteiger partial charge in [-0.1, -0.05) is 36.8 Å². The summed E-state index contributed by atoms with van der Waals surface area (Å²) in [5, 5.41) is 5.94. The number of carbonyl (C=O) groups excluding carboxylic acids is 2. The van der Waals surface area contributed by atoms with Gasteiger partial charge in [-0.05, 0) is 49.3 Å². The first-order chi connectivity index (χ1) is 15.8. The second-order valence-electron chi connectivity index (χ2n) is 8.68. The van der Waals surface area contributed by atoms with Gasteiger partial charge in [0.25, 0.3) is 11.8 Å². The van der Waals surface area contributed by atoms with Crippen molar-refractivity contribution in [3.8, 4) is 11.1 Å². The third kappa shape index (κ3) is 3.89. The summed E-state index contributed by atoms with van der Waals surface area (Å²) in [7, 11) is 0. The monoisotopic (exact) mass is 476 g/mol. The molecule has 0 bridgehead atoms. The molecule has 3 heterocycles. The van der Waals surface area contributed by atoms with Crippen molar-refractivity contribution in [3.05, 3.63) is 63.0 Å². The summed E-state index contributed by atoms with van der Waals surface area (Å²) in [6.07, 6.45) is 3.05. The van der Waals surface area contributed by atoms with Gasteiger partial charge >= 0.3 is 0 Å². The van der Waals surface area contributed by atoms with E-state index in [-0.39, 0.29) is 5.91 Å². The summed E-state index contributed by atoms with van der Waals surface area (Å²) >= 11 is 2.56. The van der Waals surface area contributed by atoms with E-state index in [0.717, 1.165) is 46.3 Å². The van der Waals surface area contributed by atoms with E-state index < -0.39 is 5.91 Å². The number of aromatic nitrogens is 1. The largest absolute Gasteiger partial charge is 0.397 e. The van der Waals surface area contributed by atoms with Crippen molar-refractivity contribution in [2.45, 2.75) is 33.1 Å². The van der Waals surface area contributed by atoms with Crippen LogP contribution in [0.4, 0.5) is 10.7 Å². The van der Waals surface area contributed by atoms with Crippen molar-refractivity contribution < 1.29 is 9.59 Å². The Hall–Kier alpha value is -3.23. The molecular formula is C25H24N4O2S2. The predicted octanol–water partition coefficient (Wildman–Crippen LogP) is 5.39. The minimum Gasteiger partial charge on any atom is -0.397 e. The zero-order valence-corrected chi connectivity index (χ0v) is 20.0. The summed E-state index contributed by atoms with van der Waals surface area (Å²) in [4.78, 5) is 31.5. The Kier molecular flexibility index (Phi) is 5.42. The van der Waals surface area contributed by atoms with Gasteiger partial charge in [0.1, 0.15) is 14.7 Å². The van der Waals surface area contributed by atoms with Gasteiger partial charge in [0.15, 0.2) is 0 Å². The van der Waals surface area contributed by atoms with Gasteiger partial charge < -0.3 is 16.8 Å². The lowest BCUT2D eigenvalue weighted by atomic mass is 9.87. The molecule has 0 saturated carbocycles. The normalized spacial score (nSPS) is 15.4. The van der Waals surface area contributed by atoms with Crippen LogP contribution < -0.4 is 16.8 Å². The fourth-order valence-electron chi connectivity index (χ4n) is 4.34. The number of fused-ring (bicyclic) bond motifs is 2. The van der Waals surface area contributed by atoms with Gasteiger partial charge in [0, 0.05) is 22.0 Å². The van der Waals surface area contributed by atoms with E-state index in [2.05, 4.69) is 18.3 Å². The van der Waals surface area contributed by atoms with Crippen molar-refractivity contribution in [2.24, 2.45) is 11.7 Å². The molecule has 1 aliphatic rings. The number of anilines is 2. The molecule has 1 unspecified atom stereocenters. The molecule has 33 heavy (non-hydrogen) atoms. The first-order valence-electron chi connectivity index (χ1n) is 10.8. The van der Waals surface area contributed by atoms with Crippen LogP contribution in [-0.2, 0) is 12.8 Å².